The molecule has 0 unspecified atom stereocenters. The lowest BCUT2D eigenvalue weighted by Gasteiger charge is -2.60. The van der Waals surface area contributed by atoms with E-state index < -0.39 is 132 Å². The van der Waals surface area contributed by atoms with Gasteiger partial charge in [0, 0.05) is 43.5 Å². The number of carbonyl (C=O) groups is 7. The average Bonchev–Trinajstić information content (AvgIpc) is 3.97. The second-order valence-electron chi connectivity index (χ2n) is 20.3. The molecule has 1 spiro atoms. The van der Waals surface area contributed by atoms with Crippen LogP contribution in [0.3, 0.4) is 0 Å². The highest BCUT2D eigenvalue weighted by Gasteiger charge is 2.73. The molecule has 20 heteroatoms. The molecule has 4 N–H and O–H groups in total. The van der Waals surface area contributed by atoms with E-state index >= 15 is 4.39 Å². The second-order valence-corrected chi connectivity index (χ2v) is 21.2. The highest BCUT2D eigenvalue weighted by molar-refractivity contribution is 6.33. The molecule has 0 bridgehead atoms. The third-order valence-electron chi connectivity index (χ3n) is 14.4. The Labute approximate surface area is 393 Å². The zero-order chi connectivity index (χ0) is 48.7. The van der Waals surface area contributed by atoms with Gasteiger partial charge in [-0.25, -0.2) is 4.39 Å². The van der Waals surface area contributed by atoms with Crippen LogP contribution in [0.4, 0.5) is 17.6 Å². The number of nitrogens with one attached hydrogen (secondary N) is 4. The standard InChI is InChI=1S/C46H63Cl2F4N7O7/c1-25(2)18-31-39(63)58(6)33(20-27-19-28(47)13-14-30(27)48)38(62)56-43(3,4)41(65)53-17-8-7-10-32(36(60)54-31)57(5)40(64)35(26-11-12-26)55-37(61)34-21-29(49)22-59(34)42(66)45(46(50,51)52)23-44(24-45)15-9-16-44/h13-14,19,25-26,29,31-35H,7-12,15-18,20-24H2,1-6H3,(H,53,65)(H,54,60)(H,55,61)(H,56,62)/t29-,31+,32+,33+,34+,35+/m1/s1. The summed E-state index contributed by atoms with van der Waals surface area (Å²) in [6, 6.07) is -1.82. The summed E-state index contributed by atoms with van der Waals surface area (Å²) in [5.74, 6) is -6.05. The minimum atomic E-state index is -4.90. The number of amides is 7. The van der Waals surface area contributed by atoms with Crippen LogP contribution >= 0.6 is 23.2 Å². The molecule has 3 aliphatic carbocycles. The van der Waals surface area contributed by atoms with E-state index in [9.17, 15) is 46.7 Å². The fourth-order valence-electron chi connectivity index (χ4n) is 10.2. The van der Waals surface area contributed by atoms with Gasteiger partial charge in [-0.15, -0.1) is 0 Å². The predicted octanol–water partition coefficient (Wildman–Crippen LogP) is 5.26. The van der Waals surface area contributed by atoms with Crippen molar-refractivity contribution in [2.75, 3.05) is 27.2 Å². The maximum absolute atomic E-state index is 15.1. The minimum absolute atomic E-state index is 0.0547. The number of nitrogens with zero attached hydrogens (tertiary/aromatic N) is 3. The molecule has 14 nitrogen and oxygen atoms in total. The van der Waals surface area contributed by atoms with Crippen LogP contribution in [0, 0.1) is 22.7 Å². The molecule has 6 atom stereocenters. The smallest absolute Gasteiger partial charge is 0.354 e. The summed E-state index contributed by atoms with van der Waals surface area (Å²) >= 11 is 12.8. The van der Waals surface area contributed by atoms with Crippen molar-refractivity contribution in [1.29, 1.82) is 0 Å². The van der Waals surface area contributed by atoms with Crippen molar-refractivity contribution < 1.29 is 51.1 Å². The summed E-state index contributed by atoms with van der Waals surface area (Å²) in [4.78, 5) is 102. The van der Waals surface area contributed by atoms with Gasteiger partial charge in [0.25, 0.3) is 0 Å². The van der Waals surface area contributed by atoms with Crippen LogP contribution in [0.1, 0.15) is 110 Å². The molecule has 0 aromatic heterocycles. The lowest BCUT2D eigenvalue weighted by molar-refractivity contribution is -0.285. The van der Waals surface area contributed by atoms with E-state index in [0.29, 0.717) is 54.0 Å². The van der Waals surface area contributed by atoms with E-state index in [1.807, 2.05) is 13.8 Å². The van der Waals surface area contributed by atoms with Crippen molar-refractivity contribution in [2.24, 2.45) is 22.7 Å². The summed E-state index contributed by atoms with van der Waals surface area (Å²) < 4.78 is 59.1. The molecule has 7 amide bonds. The first kappa shape index (κ1) is 51.2. The summed E-state index contributed by atoms with van der Waals surface area (Å²) in [5, 5.41) is 11.7. The fourth-order valence-corrected chi connectivity index (χ4v) is 10.6. The zero-order valence-electron chi connectivity index (χ0n) is 38.4. The zero-order valence-corrected chi connectivity index (χ0v) is 39.9. The normalized spacial score (nSPS) is 27.6. The number of carbonyl (C=O) groups excluding carboxylic acids is 7. The minimum Gasteiger partial charge on any atom is -0.354 e. The van der Waals surface area contributed by atoms with Crippen LogP contribution in [-0.4, -0.2) is 131 Å². The van der Waals surface area contributed by atoms with Crippen molar-refractivity contribution in [3.63, 3.8) is 0 Å². The molecule has 5 fully saturated rings. The molecule has 1 aromatic rings. The van der Waals surface area contributed by atoms with Crippen LogP contribution < -0.4 is 21.3 Å². The van der Waals surface area contributed by atoms with Gasteiger partial charge >= 0.3 is 6.18 Å². The van der Waals surface area contributed by atoms with Crippen molar-refractivity contribution in [1.82, 2.24) is 36.0 Å². The van der Waals surface area contributed by atoms with Gasteiger partial charge in [0.15, 0.2) is 0 Å². The SMILES string of the molecule is CC(C)C[C@@H]1NC(=O)[C@@H](N(C)C(=O)[C@@H](NC(=O)[C@@H]2C[C@@H](F)CN2C(=O)C2(C(F)(F)F)CC3(CCC3)C2)C2CC2)CCCCNC(=O)C(C)(C)NC(=O)[C@H](Cc2cc(Cl)ccc2Cl)N(C)C1=O. The number of likely N-dealkylation sites (tertiary alicyclic amines) is 1. The van der Waals surface area contributed by atoms with Gasteiger partial charge in [-0.1, -0.05) is 43.5 Å². The quantitative estimate of drug-likeness (QED) is 0.231. The third kappa shape index (κ3) is 10.9. The van der Waals surface area contributed by atoms with Gasteiger partial charge in [0.05, 0.1) is 6.54 Å². The van der Waals surface area contributed by atoms with Gasteiger partial charge in [-0.3, -0.25) is 33.6 Å². The highest BCUT2D eigenvalue weighted by atomic mass is 35.5. The third-order valence-corrected chi connectivity index (χ3v) is 15.0. The van der Waals surface area contributed by atoms with Gasteiger partial charge in [0.2, 0.25) is 41.4 Å². The number of hydrogen-bond donors (Lipinski definition) is 4. The molecule has 2 saturated heterocycles. The number of alkyl halides is 4. The molecule has 366 valence electrons. The number of hydrogen-bond acceptors (Lipinski definition) is 7. The van der Waals surface area contributed by atoms with E-state index in [1.54, 1.807) is 18.2 Å². The lowest BCUT2D eigenvalue weighted by atomic mass is 9.44. The second kappa shape index (κ2) is 19.8. The summed E-state index contributed by atoms with van der Waals surface area (Å²) in [5.41, 5.74) is -4.26. The molecule has 66 heavy (non-hydrogen) atoms. The molecule has 0 radical (unpaired) electrons. The molecule has 1 aromatic carbocycles. The van der Waals surface area contributed by atoms with E-state index in [2.05, 4.69) is 21.3 Å². The van der Waals surface area contributed by atoms with Crippen molar-refractivity contribution >= 4 is 64.6 Å². The van der Waals surface area contributed by atoms with Crippen molar-refractivity contribution in [3.8, 4) is 0 Å². The van der Waals surface area contributed by atoms with Crippen LogP contribution in [-0.2, 0) is 40.0 Å². The lowest BCUT2D eigenvalue weighted by Crippen LogP contribution is -2.66. The first-order chi connectivity index (χ1) is 30.8. The van der Waals surface area contributed by atoms with Gasteiger partial charge in [0.1, 0.15) is 47.3 Å². The first-order valence-electron chi connectivity index (χ1n) is 23.0. The maximum Gasteiger partial charge on any atom is 0.403 e. The molecular weight excluding hydrogens is 909 g/mol. The van der Waals surface area contributed by atoms with E-state index in [4.69, 9.17) is 23.2 Å². The Bertz CT molecular complexity index is 2060. The molecule has 2 heterocycles. The Morgan fingerprint density at radius 1 is 0.985 bits per heavy atom. The number of halogens is 6. The van der Waals surface area contributed by atoms with Crippen LogP contribution in [0.2, 0.25) is 10.0 Å². The Morgan fingerprint density at radius 2 is 1.65 bits per heavy atom. The van der Waals surface area contributed by atoms with Crippen LogP contribution in [0.15, 0.2) is 18.2 Å². The van der Waals surface area contributed by atoms with Crippen LogP contribution in [0.25, 0.3) is 0 Å². The average molecular weight is 973 g/mol. The molecule has 2 aliphatic heterocycles. The number of benzene rings is 1. The predicted molar refractivity (Wildman–Crippen MR) is 237 cm³/mol. The van der Waals surface area contributed by atoms with Gasteiger partial charge in [-0.05, 0) is 119 Å². The van der Waals surface area contributed by atoms with Crippen molar-refractivity contribution in [2.45, 2.75) is 159 Å². The molecular formula is C46H63Cl2F4N7O7. The highest BCUT2D eigenvalue weighted by Crippen LogP contribution is 2.69. The van der Waals surface area contributed by atoms with E-state index in [1.165, 1.54) is 37.7 Å². The Kier molecular flexibility index (Phi) is 15.4. The fraction of sp³-hybridized carbons (Fsp3) is 0.717. The van der Waals surface area contributed by atoms with E-state index in [-0.39, 0.29) is 36.7 Å². The Balaban J connectivity index is 1.24. The summed E-state index contributed by atoms with van der Waals surface area (Å²) in [7, 11) is 2.78. The van der Waals surface area contributed by atoms with Gasteiger partial charge < -0.3 is 36.0 Å². The summed E-state index contributed by atoms with van der Waals surface area (Å²) in [6.45, 7) is 6.19. The monoisotopic (exact) mass is 971 g/mol. The van der Waals surface area contributed by atoms with Crippen molar-refractivity contribution in [3.05, 3.63) is 33.8 Å². The van der Waals surface area contributed by atoms with Gasteiger partial charge in [-0.2, -0.15) is 13.2 Å². The molecule has 5 aliphatic rings. The molecule has 3 saturated carbocycles. The Hall–Kier alpha value is -4.19. The molecule has 6 rings (SSSR count). The number of rotatable bonds is 10. The number of likely N-dealkylation sites (N-methyl/N-ethyl adjacent to an activating group) is 2. The topological polar surface area (TPSA) is 177 Å². The van der Waals surface area contributed by atoms with Crippen LogP contribution in [0.5, 0.6) is 0 Å². The van der Waals surface area contributed by atoms with E-state index in [0.717, 1.165) is 6.42 Å². The Morgan fingerprint density at radius 3 is 2.24 bits per heavy atom. The maximum atomic E-state index is 15.1. The largest absolute Gasteiger partial charge is 0.403 e. The summed E-state index contributed by atoms with van der Waals surface area (Å²) in [6.07, 6.45) is -4.37. The first-order valence-corrected chi connectivity index (χ1v) is 23.8.